The van der Waals surface area contributed by atoms with Crippen LogP contribution in [0.3, 0.4) is 0 Å². The normalized spacial score (nSPS) is 13.9. The molecule has 0 fully saturated rings. The molecule has 0 radical (unpaired) electrons. The molecule has 3 nitrogen and oxygen atoms in total. The summed E-state index contributed by atoms with van der Waals surface area (Å²) >= 11 is 11.1. The summed E-state index contributed by atoms with van der Waals surface area (Å²) in [6.07, 6.45) is 2.51. The quantitative estimate of drug-likeness (QED) is 0.793. The molecular weight excluding hydrogens is 288 g/mol. The topological polar surface area (TPSA) is 55.1 Å². The van der Waals surface area contributed by atoms with Gasteiger partial charge in [0.15, 0.2) is 0 Å². The molecule has 0 amide bonds. The van der Waals surface area contributed by atoms with Gasteiger partial charge in [0.25, 0.3) is 0 Å². The summed E-state index contributed by atoms with van der Waals surface area (Å²) in [6.45, 7) is 2.02. The van der Waals surface area contributed by atoms with Crippen LogP contribution in [0.5, 0.6) is 0 Å². The molecule has 6 heteroatoms. The van der Waals surface area contributed by atoms with Crippen LogP contribution in [0.25, 0.3) is 0 Å². The Balaban J connectivity index is 2.81. The average Bonchev–Trinajstić information content (AvgIpc) is 2.26. The summed E-state index contributed by atoms with van der Waals surface area (Å²) in [5, 5.41) is 3.84. The molecule has 2 atom stereocenters. The summed E-state index contributed by atoms with van der Waals surface area (Å²) in [7, 11) is -0.779. The monoisotopic (exact) mass is 304 g/mol. The third-order valence-corrected chi connectivity index (χ3v) is 3.83. The highest BCUT2D eigenvalue weighted by Gasteiger charge is 2.11. The van der Waals surface area contributed by atoms with E-state index >= 15 is 0 Å². The van der Waals surface area contributed by atoms with Crippen molar-refractivity contribution in [3.63, 3.8) is 0 Å². The Morgan fingerprint density at radius 3 is 2.83 bits per heavy atom. The number of nitrogens with one attached hydrogen (secondary N) is 1. The van der Waals surface area contributed by atoms with E-state index in [-0.39, 0.29) is 11.0 Å². The molecule has 0 aliphatic heterocycles. The molecule has 0 heterocycles. The highest BCUT2D eigenvalue weighted by Crippen LogP contribution is 2.25. The Labute approximate surface area is 121 Å². The highest BCUT2D eigenvalue weighted by atomic mass is 35.5. The molecule has 0 bridgehead atoms. The van der Waals surface area contributed by atoms with Crippen LogP contribution >= 0.6 is 23.8 Å². The molecule has 0 saturated carbocycles. The predicted octanol–water partition coefficient (Wildman–Crippen LogP) is 2.54. The van der Waals surface area contributed by atoms with Crippen molar-refractivity contribution >= 4 is 45.3 Å². The van der Waals surface area contributed by atoms with E-state index in [4.69, 9.17) is 29.6 Å². The SMILES string of the molecule is CC(CCS(C)=O)Nc1cccc(Cl)c1C(N)=S. The van der Waals surface area contributed by atoms with Gasteiger partial charge in [0, 0.05) is 34.5 Å². The minimum atomic E-state index is -0.779. The van der Waals surface area contributed by atoms with E-state index in [2.05, 4.69) is 5.32 Å². The third-order valence-electron chi connectivity index (χ3n) is 2.50. The maximum Gasteiger partial charge on any atom is 0.107 e. The van der Waals surface area contributed by atoms with Gasteiger partial charge in [0.05, 0.1) is 10.6 Å². The molecule has 0 saturated heterocycles. The average molecular weight is 305 g/mol. The van der Waals surface area contributed by atoms with E-state index in [0.29, 0.717) is 16.3 Å². The van der Waals surface area contributed by atoms with Crippen molar-refractivity contribution in [2.45, 2.75) is 19.4 Å². The fourth-order valence-electron chi connectivity index (χ4n) is 1.58. The number of hydrogen-bond acceptors (Lipinski definition) is 3. The molecule has 0 spiro atoms. The first-order valence-electron chi connectivity index (χ1n) is 5.56. The van der Waals surface area contributed by atoms with Crippen molar-refractivity contribution in [3.8, 4) is 0 Å². The number of nitrogens with two attached hydrogens (primary N) is 1. The van der Waals surface area contributed by atoms with Crippen LogP contribution in [0, 0.1) is 0 Å². The second-order valence-corrected chi connectivity index (χ2v) is 6.54. The first-order chi connectivity index (χ1) is 8.41. The highest BCUT2D eigenvalue weighted by molar-refractivity contribution is 7.84. The van der Waals surface area contributed by atoms with E-state index < -0.39 is 10.8 Å². The second kappa shape index (κ2) is 7.07. The second-order valence-electron chi connectivity index (χ2n) is 4.14. The van der Waals surface area contributed by atoms with Crippen LogP contribution in [-0.4, -0.2) is 27.2 Å². The van der Waals surface area contributed by atoms with Gasteiger partial charge in [0.1, 0.15) is 4.99 Å². The minimum absolute atomic E-state index is 0.181. The van der Waals surface area contributed by atoms with Crippen molar-refractivity contribution < 1.29 is 4.21 Å². The van der Waals surface area contributed by atoms with Gasteiger partial charge < -0.3 is 11.1 Å². The Morgan fingerprint density at radius 1 is 1.61 bits per heavy atom. The van der Waals surface area contributed by atoms with Crippen LogP contribution in [0.15, 0.2) is 18.2 Å². The van der Waals surface area contributed by atoms with Crippen LogP contribution < -0.4 is 11.1 Å². The van der Waals surface area contributed by atoms with E-state index in [1.54, 1.807) is 12.3 Å². The van der Waals surface area contributed by atoms with Crippen molar-refractivity contribution in [2.24, 2.45) is 5.73 Å². The van der Waals surface area contributed by atoms with Gasteiger partial charge in [-0.25, -0.2) is 0 Å². The molecule has 3 N–H and O–H groups in total. The van der Waals surface area contributed by atoms with E-state index in [1.165, 1.54) is 0 Å². The number of anilines is 1. The van der Waals surface area contributed by atoms with Crippen molar-refractivity contribution in [3.05, 3.63) is 28.8 Å². The molecule has 0 aliphatic carbocycles. The summed E-state index contributed by atoms with van der Waals surface area (Å²) in [6, 6.07) is 5.67. The molecule has 0 aliphatic rings. The van der Waals surface area contributed by atoms with Crippen molar-refractivity contribution in [1.82, 2.24) is 0 Å². The largest absolute Gasteiger partial charge is 0.389 e. The van der Waals surface area contributed by atoms with Crippen LogP contribution in [0.1, 0.15) is 18.9 Å². The first-order valence-corrected chi connectivity index (χ1v) is 8.08. The number of thiocarbonyl (C=S) groups is 1. The zero-order valence-electron chi connectivity index (χ0n) is 10.4. The fourth-order valence-corrected chi connectivity index (χ4v) is 2.81. The number of halogens is 1. The zero-order valence-corrected chi connectivity index (χ0v) is 12.8. The molecule has 1 aromatic rings. The molecule has 1 rings (SSSR count). The van der Waals surface area contributed by atoms with Gasteiger partial charge in [-0.05, 0) is 25.5 Å². The standard InChI is InChI=1S/C12H17ClN2OS2/c1-8(6-7-18(2)16)15-10-5-3-4-9(13)11(10)12(14)17/h3-5,8,15H,6-7H2,1-2H3,(H2,14,17). The van der Waals surface area contributed by atoms with Crippen LogP contribution in [-0.2, 0) is 10.8 Å². The van der Waals surface area contributed by atoms with Crippen molar-refractivity contribution in [2.75, 3.05) is 17.3 Å². The molecular formula is C12H17ClN2OS2. The Morgan fingerprint density at radius 2 is 2.28 bits per heavy atom. The number of hydrogen-bond donors (Lipinski definition) is 2. The summed E-state index contributed by atoms with van der Waals surface area (Å²) in [5.74, 6) is 0.664. The van der Waals surface area contributed by atoms with Crippen LogP contribution in [0.2, 0.25) is 5.02 Å². The lowest BCUT2D eigenvalue weighted by Crippen LogP contribution is -2.21. The first kappa shape index (κ1) is 15.4. The predicted molar refractivity (Wildman–Crippen MR) is 84.0 cm³/mol. The maximum absolute atomic E-state index is 11.1. The van der Waals surface area contributed by atoms with E-state index in [9.17, 15) is 4.21 Å². The zero-order chi connectivity index (χ0) is 13.7. The number of benzene rings is 1. The van der Waals surface area contributed by atoms with Crippen molar-refractivity contribution in [1.29, 1.82) is 0 Å². The summed E-state index contributed by atoms with van der Waals surface area (Å²) < 4.78 is 11.1. The summed E-state index contributed by atoms with van der Waals surface area (Å²) in [5.41, 5.74) is 7.16. The minimum Gasteiger partial charge on any atom is -0.389 e. The molecule has 18 heavy (non-hydrogen) atoms. The Bertz CT molecular complexity index is 465. The Kier molecular flexibility index (Phi) is 6.05. The van der Waals surface area contributed by atoms with Gasteiger partial charge in [-0.15, -0.1) is 0 Å². The lowest BCUT2D eigenvalue weighted by atomic mass is 10.1. The van der Waals surface area contributed by atoms with E-state index in [1.807, 2.05) is 19.1 Å². The molecule has 2 unspecified atom stereocenters. The molecule has 100 valence electrons. The van der Waals surface area contributed by atoms with E-state index in [0.717, 1.165) is 12.1 Å². The van der Waals surface area contributed by atoms with Gasteiger partial charge in [-0.2, -0.15) is 0 Å². The van der Waals surface area contributed by atoms with Gasteiger partial charge in [0.2, 0.25) is 0 Å². The fraction of sp³-hybridized carbons (Fsp3) is 0.417. The van der Waals surface area contributed by atoms with Gasteiger partial charge >= 0.3 is 0 Å². The third kappa shape index (κ3) is 4.55. The maximum atomic E-state index is 11.1. The smallest absolute Gasteiger partial charge is 0.107 e. The number of rotatable bonds is 6. The van der Waals surface area contributed by atoms with Gasteiger partial charge in [-0.1, -0.05) is 29.9 Å². The van der Waals surface area contributed by atoms with Gasteiger partial charge in [-0.3, -0.25) is 4.21 Å². The summed E-state index contributed by atoms with van der Waals surface area (Å²) in [4.78, 5) is 0.273. The lowest BCUT2D eigenvalue weighted by molar-refractivity contribution is 0.678. The Hall–Kier alpha value is -0.650. The van der Waals surface area contributed by atoms with Crippen LogP contribution in [0.4, 0.5) is 5.69 Å². The molecule has 1 aromatic carbocycles. The lowest BCUT2D eigenvalue weighted by Gasteiger charge is -2.18. The molecule has 0 aromatic heterocycles.